The monoisotopic (exact) mass is 355 g/mol. The van der Waals surface area contributed by atoms with Gasteiger partial charge in [-0.2, -0.15) is 0 Å². The van der Waals surface area contributed by atoms with Gasteiger partial charge in [-0.3, -0.25) is 9.69 Å². The summed E-state index contributed by atoms with van der Waals surface area (Å²) in [4.78, 5) is 12.9. The van der Waals surface area contributed by atoms with Crippen molar-refractivity contribution in [2.24, 2.45) is 0 Å². The molecule has 1 aliphatic rings. The normalized spacial score (nSPS) is 18.6. The van der Waals surface area contributed by atoms with Crippen LogP contribution in [0.5, 0.6) is 0 Å². The minimum Gasteiger partial charge on any atom is -0.481 e. The third-order valence-corrected chi connectivity index (χ3v) is 4.65. The summed E-state index contributed by atoms with van der Waals surface area (Å²) in [6.07, 6.45) is 9.64. The molecular formula is C22H29NO3. The molecule has 26 heavy (non-hydrogen) atoms. The number of carboxylic acid groups (broad SMARTS) is 1. The van der Waals surface area contributed by atoms with Gasteiger partial charge in [0.1, 0.15) is 6.10 Å². The van der Waals surface area contributed by atoms with Crippen molar-refractivity contribution >= 4 is 5.97 Å². The van der Waals surface area contributed by atoms with Crippen molar-refractivity contribution in [1.29, 1.82) is 0 Å². The Morgan fingerprint density at radius 1 is 1.23 bits per heavy atom. The number of hydrogen-bond acceptors (Lipinski definition) is 3. The zero-order valence-electron chi connectivity index (χ0n) is 15.3. The molecule has 4 nitrogen and oxygen atoms in total. The summed E-state index contributed by atoms with van der Waals surface area (Å²) in [6.45, 7) is 2.13. The highest BCUT2D eigenvalue weighted by atomic mass is 16.4. The van der Waals surface area contributed by atoms with E-state index in [4.69, 9.17) is 5.11 Å². The van der Waals surface area contributed by atoms with Gasteiger partial charge in [0, 0.05) is 18.0 Å². The number of aliphatic hydroxyl groups is 1. The minimum atomic E-state index is -0.742. The van der Waals surface area contributed by atoms with Gasteiger partial charge in [0.05, 0.1) is 0 Å². The number of aliphatic hydroxyl groups excluding tert-OH is 1. The molecule has 1 saturated heterocycles. The molecule has 4 heteroatoms. The quantitative estimate of drug-likeness (QED) is 0.405. The lowest BCUT2D eigenvalue weighted by Gasteiger charge is -2.21. The van der Waals surface area contributed by atoms with Crippen LogP contribution in [-0.4, -0.2) is 46.3 Å². The highest BCUT2D eigenvalue weighted by Gasteiger charge is 2.21. The summed E-state index contributed by atoms with van der Waals surface area (Å²) in [5, 5.41) is 18.7. The van der Waals surface area contributed by atoms with Crippen LogP contribution >= 0.6 is 0 Å². The van der Waals surface area contributed by atoms with Gasteiger partial charge >= 0.3 is 5.97 Å². The molecule has 2 atom stereocenters. The number of unbranched alkanes of at least 4 members (excludes halogenated alkanes) is 3. The van der Waals surface area contributed by atoms with E-state index in [1.54, 1.807) is 6.08 Å². The summed E-state index contributed by atoms with van der Waals surface area (Å²) >= 11 is 0. The van der Waals surface area contributed by atoms with E-state index in [-0.39, 0.29) is 6.42 Å². The number of rotatable bonds is 9. The standard InChI is InChI=1S/C22H29NO3/c24-21(15-13-19-9-4-3-5-10-19)16-14-20-11-8-18-23(20)17-7-2-1-6-12-22(25)26/h3-5,9-10,14,16,20-21,24H,1-2,6-8,11-12,17-18H2,(H,25,26). The molecule has 1 aromatic carbocycles. The lowest BCUT2D eigenvalue weighted by Crippen LogP contribution is -2.29. The van der Waals surface area contributed by atoms with Crippen molar-refractivity contribution in [2.75, 3.05) is 13.1 Å². The Bertz CT molecular complexity index is 630. The molecule has 0 aliphatic carbocycles. The fourth-order valence-electron chi connectivity index (χ4n) is 3.25. The Morgan fingerprint density at radius 2 is 2.00 bits per heavy atom. The fourth-order valence-corrected chi connectivity index (χ4v) is 3.25. The highest BCUT2D eigenvalue weighted by molar-refractivity contribution is 5.66. The van der Waals surface area contributed by atoms with Gasteiger partial charge in [0.15, 0.2) is 0 Å². The number of hydrogen-bond donors (Lipinski definition) is 2. The number of nitrogens with zero attached hydrogens (tertiary/aromatic N) is 1. The second-order valence-electron chi connectivity index (χ2n) is 6.77. The average molecular weight is 355 g/mol. The van der Waals surface area contributed by atoms with Crippen LogP contribution in [0.2, 0.25) is 0 Å². The van der Waals surface area contributed by atoms with Crippen LogP contribution in [0, 0.1) is 11.8 Å². The zero-order chi connectivity index (χ0) is 18.6. The van der Waals surface area contributed by atoms with E-state index in [1.807, 2.05) is 30.3 Å². The number of carbonyl (C=O) groups is 1. The average Bonchev–Trinajstić information content (AvgIpc) is 3.09. The van der Waals surface area contributed by atoms with Crippen LogP contribution < -0.4 is 0 Å². The first-order valence-corrected chi connectivity index (χ1v) is 9.54. The molecule has 0 bridgehead atoms. The maximum Gasteiger partial charge on any atom is 0.303 e. The molecule has 0 spiro atoms. The summed E-state index contributed by atoms with van der Waals surface area (Å²) in [7, 11) is 0. The molecule has 2 unspecified atom stereocenters. The van der Waals surface area contributed by atoms with Crippen LogP contribution in [0.25, 0.3) is 0 Å². The number of benzene rings is 1. The van der Waals surface area contributed by atoms with Crippen molar-refractivity contribution in [3.8, 4) is 11.8 Å². The van der Waals surface area contributed by atoms with Gasteiger partial charge in [-0.1, -0.05) is 49.0 Å². The van der Waals surface area contributed by atoms with Crippen LogP contribution in [-0.2, 0) is 4.79 Å². The Balaban J connectivity index is 1.71. The van der Waals surface area contributed by atoms with E-state index in [1.165, 1.54) is 6.42 Å². The number of aliphatic carboxylic acids is 1. The van der Waals surface area contributed by atoms with Crippen molar-refractivity contribution in [1.82, 2.24) is 4.90 Å². The van der Waals surface area contributed by atoms with E-state index >= 15 is 0 Å². The molecular weight excluding hydrogens is 326 g/mol. The third-order valence-electron chi connectivity index (χ3n) is 4.65. The zero-order valence-corrected chi connectivity index (χ0v) is 15.3. The van der Waals surface area contributed by atoms with Crippen molar-refractivity contribution in [2.45, 2.75) is 57.1 Å². The molecule has 1 aliphatic heterocycles. The van der Waals surface area contributed by atoms with Gasteiger partial charge in [0.25, 0.3) is 0 Å². The molecule has 1 fully saturated rings. The molecule has 0 saturated carbocycles. The predicted molar refractivity (Wildman–Crippen MR) is 104 cm³/mol. The molecule has 0 radical (unpaired) electrons. The van der Waals surface area contributed by atoms with Crippen molar-refractivity contribution < 1.29 is 15.0 Å². The van der Waals surface area contributed by atoms with Crippen LogP contribution in [0.4, 0.5) is 0 Å². The van der Waals surface area contributed by atoms with Gasteiger partial charge < -0.3 is 10.2 Å². The van der Waals surface area contributed by atoms with Gasteiger partial charge in [-0.25, -0.2) is 0 Å². The first-order valence-electron chi connectivity index (χ1n) is 9.54. The first-order chi connectivity index (χ1) is 12.6. The van der Waals surface area contributed by atoms with Crippen molar-refractivity contribution in [3.05, 3.63) is 48.0 Å². The second kappa shape index (κ2) is 11.5. The number of likely N-dealkylation sites (tertiary alicyclic amines) is 1. The van der Waals surface area contributed by atoms with Crippen molar-refractivity contribution in [3.63, 3.8) is 0 Å². The number of carboxylic acids is 1. The SMILES string of the molecule is O=C(O)CCCCCCN1CCCC1C=CC(O)C#Cc1ccccc1. The fraction of sp³-hybridized carbons (Fsp3) is 0.500. The molecule has 2 N–H and O–H groups in total. The van der Waals surface area contributed by atoms with E-state index < -0.39 is 12.1 Å². The smallest absolute Gasteiger partial charge is 0.303 e. The molecule has 1 heterocycles. The summed E-state index contributed by atoms with van der Waals surface area (Å²) < 4.78 is 0. The van der Waals surface area contributed by atoms with Crippen LogP contribution in [0.3, 0.4) is 0 Å². The maximum absolute atomic E-state index is 10.5. The topological polar surface area (TPSA) is 60.8 Å². The summed E-state index contributed by atoms with van der Waals surface area (Å²) in [5.41, 5.74) is 0.908. The Kier molecular flexibility index (Phi) is 8.95. The lowest BCUT2D eigenvalue weighted by atomic mass is 10.1. The van der Waals surface area contributed by atoms with E-state index in [0.29, 0.717) is 6.04 Å². The lowest BCUT2D eigenvalue weighted by molar-refractivity contribution is -0.137. The molecule has 2 rings (SSSR count). The van der Waals surface area contributed by atoms with E-state index in [0.717, 1.165) is 50.8 Å². The van der Waals surface area contributed by atoms with Crippen LogP contribution in [0.1, 0.15) is 50.5 Å². The molecule has 1 aromatic rings. The second-order valence-corrected chi connectivity index (χ2v) is 6.77. The molecule has 140 valence electrons. The van der Waals surface area contributed by atoms with Gasteiger partial charge in [-0.05, 0) is 57.0 Å². The Labute approximate surface area is 156 Å². The van der Waals surface area contributed by atoms with E-state index in [2.05, 4.69) is 22.8 Å². The largest absolute Gasteiger partial charge is 0.481 e. The van der Waals surface area contributed by atoms with Crippen LogP contribution in [0.15, 0.2) is 42.5 Å². The summed E-state index contributed by atoms with van der Waals surface area (Å²) in [5.74, 6) is 5.15. The third kappa shape index (κ3) is 7.86. The Morgan fingerprint density at radius 3 is 2.77 bits per heavy atom. The maximum atomic E-state index is 10.5. The molecule has 0 amide bonds. The first kappa shape index (κ1) is 20.2. The Hall–Kier alpha value is -2.09. The highest BCUT2D eigenvalue weighted by Crippen LogP contribution is 2.19. The van der Waals surface area contributed by atoms with Gasteiger partial charge in [0.2, 0.25) is 0 Å². The van der Waals surface area contributed by atoms with Gasteiger partial charge in [-0.15, -0.1) is 0 Å². The predicted octanol–water partition coefficient (Wildman–Crippen LogP) is 3.45. The van der Waals surface area contributed by atoms with E-state index in [9.17, 15) is 9.90 Å². The summed E-state index contributed by atoms with van der Waals surface area (Å²) in [6, 6.07) is 10.1. The minimum absolute atomic E-state index is 0.275. The molecule has 0 aromatic heterocycles.